The lowest BCUT2D eigenvalue weighted by Crippen LogP contribution is -2.18. The quantitative estimate of drug-likeness (QED) is 0.616. The second-order valence-electron chi connectivity index (χ2n) is 6.63. The van der Waals surface area contributed by atoms with Crippen LogP contribution in [0.1, 0.15) is 54.9 Å². The van der Waals surface area contributed by atoms with Crippen LogP contribution in [0, 0.1) is 5.92 Å². The number of amides is 1. The molecule has 25 heavy (non-hydrogen) atoms. The van der Waals surface area contributed by atoms with Gasteiger partial charge < -0.3 is 15.2 Å². The second-order valence-corrected chi connectivity index (χ2v) is 7.74. The van der Waals surface area contributed by atoms with Crippen LogP contribution in [0.15, 0.2) is 11.6 Å². The second kappa shape index (κ2) is 7.82. The topological polar surface area (TPSA) is 92.7 Å². The SMILES string of the molecule is CC(=CC(=O)Nc1sc2c(c1C(=O)OC(C)C)CCC(C)C2)C(=O)O. The number of hydrogen-bond donors (Lipinski definition) is 2. The normalized spacial score (nSPS) is 17.2. The summed E-state index contributed by atoms with van der Waals surface area (Å²) in [5.41, 5.74) is 1.29. The van der Waals surface area contributed by atoms with Crippen LogP contribution in [-0.4, -0.2) is 29.1 Å². The molecule has 0 saturated heterocycles. The molecular weight excluding hydrogens is 342 g/mol. The molecule has 0 aliphatic heterocycles. The van der Waals surface area contributed by atoms with Crippen molar-refractivity contribution in [3.8, 4) is 0 Å². The fourth-order valence-electron chi connectivity index (χ4n) is 2.73. The van der Waals surface area contributed by atoms with Crippen molar-refractivity contribution in [2.75, 3.05) is 5.32 Å². The predicted octanol–water partition coefficient (Wildman–Crippen LogP) is 3.41. The standard InChI is InChI=1S/C18H23NO5S/c1-9(2)24-18(23)15-12-6-5-10(3)7-13(12)25-16(15)19-14(20)8-11(4)17(21)22/h8-10H,5-7H2,1-4H3,(H,19,20)(H,21,22). The van der Waals surface area contributed by atoms with Gasteiger partial charge in [-0.25, -0.2) is 9.59 Å². The Morgan fingerprint density at radius 2 is 2.04 bits per heavy atom. The first kappa shape index (κ1) is 19.2. The molecule has 1 aromatic rings. The number of nitrogens with one attached hydrogen (secondary N) is 1. The van der Waals surface area contributed by atoms with E-state index in [0.29, 0.717) is 16.5 Å². The Kier molecular flexibility index (Phi) is 6.00. The van der Waals surface area contributed by atoms with Crippen LogP contribution < -0.4 is 5.32 Å². The lowest BCUT2D eigenvalue weighted by molar-refractivity contribution is -0.132. The molecule has 1 atom stereocenters. The maximum atomic E-state index is 12.5. The van der Waals surface area contributed by atoms with Crippen molar-refractivity contribution in [3.05, 3.63) is 27.7 Å². The van der Waals surface area contributed by atoms with E-state index in [1.807, 2.05) is 0 Å². The molecule has 0 aromatic carbocycles. The molecule has 1 unspecified atom stereocenters. The molecule has 0 fully saturated rings. The van der Waals surface area contributed by atoms with Crippen LogP contribution in [-0.2, 0) is 27.2 Å². The third-order valence-corrected chi connectivity index (χ3v) is 5.15. The molecule has 0 radical (unpaired) electrons. The van der Waals surface area contributed by atoms with Crippen molar-refractivity contribution in [2.45, 2.75) is 53.1 Å². The van der Waals surface area contributed by atoms with Crippen molar-refractivity contribution in [3.63, 3.8) is 0 Å². The van der Waals surface area contributed by atoms with E-state index in [1.54, 1.807) is 13.8 Å². The summed E-state index contributed by atoms with van der Waals surface area (Å²) < 4.78 is 5.34. The van der Waals surface area contributed by atoms with Gasteiger partial charge in [0.25, 0.3) is 0 Å². The Morgan fingerprint density at radius 1 is 1.36 bits per heavy atom. The Bertz CT molecular complexity index is 732. The van der Waals surface area contributed by atoms with Gasteiger partial charge in [-0.2, -0.15) is 0 Å². The minimum absolute atomic E-state index is 0.0706. The van der Waals surface area contributed by atoms with E-state index in [-0.39, 0.29) is 11.7 Å². The Labute approximate surface area is 150 Å². The monoisotopic (exact) mass is 365 g/mol. The van der Waals surface area contributed by atoms with Gasteiger partial charge in [-0.05, 0) is 51.5 Å². The summed E-state index contributed by atoms with van der Waals surface area (Å²) in [6, 6.07) is 0. The summed E-state index contributed by atoms with van der Waals surface area (Å²) >= 11 is 1.38. The van der Waals surface area contributed by atoms with Crippen LogP contribution in [0.4, 0.5) is 5.00 Å². The maximum absolute atomic E-state index is 12.5. The zero-order valence-electron chi connectivity index (χ0n) is 14.8. The zero-order chi connectivity index (χ0) is 18.7. The number of ether oxygens (including phenoxy) is 1. The maximum Gasteiger partial charge on any atom is 0.341 e. The van der Waals surface area contributed by atoms with E-state index in [9.17, 15) is 14.4 Å². The molecule has 0 bridgehead atoms. The molecule has 1 aliphatic rings. The molecular formula is C18H23NO5S. The lowest BCUT2D eigenvalue weighted by Gasteiger charge is -2.18. The van der Waals surface area contributed by atoms with E-state index >= 15 is 0 Å². The first-order valence-corrected chi connectivity index (χ1v) is 9.08. The van der Waals surface area contributed by atoms with Crippen molar-refractivity contribution < 1.29 is 24.2 Å². The van der Waals surface area contributed by atoms with Gasteiger partial charge in [0.1, 0.15) is 5.00 Å². The van der Waals surface area contributed by atoms with Gasteiger partial charge in [0.2, 0.25) is 5.91 Å². The van der Waals surface area contributed by atoms with Gasteiger partial charge in [0.15, 0.2) is 0 Å². The number of carboxylic acid groups (broad SMARTS) is 1. The fourth-order valence-corrected chi connectivity index (χ4v) is 4.14. The molecule has 2 N–H and O–H groups in total. The Hall–Kier alpha value is -2.15. The third kappa shape index (κ3) is 4.69. The fraction of sp³-hybridized carbons (Fsp3) is 0.500. The number of anilines is 1. The summed E-state index contributed by atoms with van der Waals surface area (Å²) in [5.74, 6) is -1.65. The number of aliphatic carboxylic acids is 1. The van der Waals surface area contributed by atoms with Gasteiger partial charge in [-0.1, -0.05) is 6.92 Å². The molecule has 1 aromatic heterocycles. The molecule has 1 aliphatic carbocycles. The van der Waals surface area contributed by atoms with Crippen molar-refractivity contribution in [1.29, 1.82) is 0 Å². The highest BCUT2D eigenvalue weighted by Gasteiger charge is 2.29. The molecule has 0 saturated carbocycles. The van der Waals surface area contributed by atoms with Gasteiger partial charge in [-0.3, -0.25) is 4.79 Å². The number of carbonyl (C=O) groups excluding carboxylic acids is 2. The highest BCUT2D eigenvalue weighted by molar-refractivity contribution is 7.17. The average Bonchev–Trinajstić information content (AvgIpc) is 2.82. The highest BCUT2D eigenvalue weighted by atomic mass is 32.1. The molecule has 0 spiro atoms. The first-order valence-electron chi connectivity index (χ1n) is 8.27. The summed E-state index contributed by atoms with van der Waals surface area (Å²) in [6.45, 7) is 7.05. The van der Waals surface area contributed by atoms with Gasteiger partial charge >= 0.3 is 11.9 Å². The zero-order valence-corrected chi connectivity index (χ0v) is 15.7. The average molecular weight is 365 g/mol. The number of hydrogen-bond acceptors (Lipinski definition) is 5. The number of esters is 1. The molecule has 2 rings (SSSR count). The van der Waals surface area contributed by atoms with Crippen LogP contribution in [0.3, 0.4) is 0 Å². The summed E-state index contributed by atoms with van der Waals surface area (Å²) in [5, 5.41) is 12.0. The van der Waals surface area contributed by atoms with Crippen LogP contribution in [0.2, 0.25) is 0 Å². The van der Waals surface area contributed by atoms with Crippen LogP contribution >= 0.6 is 11.3 Å². The smallest absolute Gasteiger partial charge is 0.341 e. The van der Waals surface area contributed by atoms with Crippen molar-refractivity contribution >= 4 is 34.2 Å². The minimum atomic E-state index is -1.16. The number of carboxylic acids is 1. The van der Waals surface area contributed by atoms with Crippen molar-refractivity contribution in [2.24, 2.45) is 5.92 Å². The highest BCUT2D eigenvalue weighted by Crippen LogP contribution is 2.40. The number of thiophene rings is 1. The first-order chi connectivity index (χ1) is 11.7. The van der Waals surface area contributed by atoms with Gasteiger partial charge in [0.05, 0.1) is 11.7 Å². The molecule has 7 heteroatoms. The third-order valence-electron chi connectivity index (χ3n) is 3.98. The summed E-state index contributed by atoms with van der Waals surface area (Å²) in [6.07, 6.45) is 3.37. The summed E-state index contributed by atoms with van der Waals surface area (Å²) in [4.78, 5) is 36.6. The number of fused-ring (bicyclic) bond motifs is 1. The van der Waals surface area contributed by atoms with Gasteiger partial charge in [0, 0.05) is 16.5 Å². The lowest BCUT2D eigenvalue weighted by atomic mass is 9.88. The molecule has 1 heterocycles. The van der Waals surface area contributed by atoms with E-state index in [1.165, 1.54) is 18.3 Å². The van der Waals surface area contributed by atoms with E-state index in [2.05, 4.69) is 12.2 Å². The minimum Gasteiger partial charge on any atom is -0.478 e. The summed E-state index contributed by atoms with van der Waals surface area (Å²) in [7, 11) is 0. The Morgan fingerprint density at radius 3 is 2.64 bits per heavy atom. The largest absolute Gasteiger partial charge is 0.478 e. The number of carbonyl (C=O) groups is 3. The number of rotatable bonds is 5. The predicted molar refractivity (Wildman–Crippen MR) is 96.1 cm³/mol. The van der Waals surface area contributed by atoms with Crippen LogP contribution in [0.5, 0.6) is 0 Å². The Balaban J connectivity index is 2.36. The van der Waals surface area contributed by atoms with E-state index in [4.69, 9.17) is 9.84 Å². The molecule has 136 valence electrons. The molecule has 6 nitrogen and oxygen atoms in total. The van der Waals surface area contributed by atoms with E-state index < -0.39 is 17.8 Å². The molecule has 1 amide bonds. The van der Waals surface area contributed by atoms with E-state index in [0.717, 1.165) is 35.8 Å². The van der Waals surface area contributed by atoms with Crippen molar-refractivity contribution in [1.82, 2.24) is 0 Å². The van der Waals surface area contributed by atoms with Gasteiger partial charge in [-0.15, -0.1) is 11.3 Å². The van der Waals surface area contributed by atoms with Crippen LogP contribution in [0.25, 0.3) is 0 Å².